The monoisotopic (exact) mass is 358 g/mol. The fourth-order valence-corrected chi connectivity index (χ4v) is 4.00. The number of hydrogen-bond donors (Lipinski definition) is 1. The Morgan fingerprint density at radius 3 is 3.11 bits per heavy atom. The summed E-state index contributed by atoms with van der Waals surface area (Å²) in [5, 5.41) is 11.0. The van der Waals surface area contributed by atoms with Gasteiger partial charge < -0.3 is 14.8 Å². The largest absolute Gasteiger partial charge is 0.355 e. The van der Waals surface area contributed by atoms with E-state index in [1.54, 1.807) is 6.33 Å². The minimum atomic E-state index is 0.366. The molecule has 0 amide bonds. The average molecular weight is 358 g/mol. The summed E-state index contributed by atoms with van der Waals surface area (Å²) in [6, 6.07) is 8.59. The third-order valence-electron chi connectivity index (χ3n) is 5.44. The Bertz CT molecular complexity index is 1050. The van der Waals surface area contributed by atoms with Gasteiger partial charge in [-0.05, 0) is 31.5 Å². The predicted molar refractivity (Wildman–Crippen MR) is 107 cm³/mol. The molecule has 1 fully saturated rings. The number of likely N-dealkylation sites (tertiary alicyclic amines) is 1. The highest BCUT2D eigenvalue weighted by Crippen LogP contribution is 2.32. The molecule has 4 rings (SSSR count). The molecule has 6 nitrogen and oxygen atoms in total. The van der Waals surface area contributed by atoms with Crippen molar-refractivity contribution >= 4 is 27.8 Å². The number of nitrogens with one attached hydrogen (secondary N) is 1. The molecule has 1 aliphatic rings. The van der Waals surface area contributed by atoms with Crippen LogP contribution in [-0.2, 0) is 0 Å². The van der Waals surface area contributed by atoms with Crippen LogP contribution >= 0.6 is 0 Å². The van der Waals surface area contributed by atoms with Crippen molar-refractivity contribution in [1.82, 2.24) is 19.9 Å². The van der Waals surface area contributed by atoms with Crippen molar-refractivity contribution in [1.29, 1.82) is 5.26 Å². The zero-order valence-corrected chi connectivity index (χ0v) is 15.4. The van der Waals surface area contributed by atoms with E-state index in [2.05, 4.69) is 43.8 Å². The third-order valence-corrected chi connectivity index (χ3v) is 5.44. The summed E-state index contributed by atoms with van der Waals surface area (Å²) in [6.07, 6.45) is 9.98. The molecule has 1 aliphatic heterocycles. The Labute approximate surface area is 158 Å². The molecule has 1 aromatic carbocycles. The van der Waals surface area contributed by atoms with E-state index in [0.29, 0.717) is 12.5 Å². The van der Waals surface area contributed by atoms with E-state index in [-0.39, 0.29) is 0 Å². The first-order valence-corrected chi connectivity index (χ1v) is 9.26. The molecule has 1 atom stereocenters. The van der Waals surface area contributed by atoms with Gasteiger partial charge in [0.15, 0.2) is 0 Å². The zero-order valence-electron chi connectivity index (χ0n) is 15.4. The van der Waals surface area contributed by atoms with Crippen LogP contribution in [0.1, 0.15) is 24.8 Å². The number of piperidine rings is 1. The number of nitriles is 1. The van der Waals surface area contributed by atoms with Gasteiger partial charge in [-0.3, -0.25) is 0 Å². The smallest absolute Gasteiger partial charge is 0.143 e. The summed E-state index contributed by atoms with van der Waals surface area (Å²) >= 11 is 0. The second-order valence-electron chi connectivity index (χ2n) is 7.07. The summed E-state index contributed by atoms with van der Waals surface area (Å²) in [5.41, 5.74) is 2.65. The summed E-state index contributed by atoms with van der Waals surface area (Å²) in [7, 11) is 2.11. The molecule has 2 aromatic heterocycles. The van der Waals surface area contributed by atoms with E-state index < -0.39 is 0 Å². The van der Waals surface area contributed by atoms with Crippen LogP contribution in [0, 0.1) is 23.7 Å². The minimum absolute atomic E-state index is 0.366. The quantitative estimate of drug-likeness (QED) is 0.726. The number of anilines is 1. The lowest BCUT2D eigenvalue weighted by molar-refractivity contribution is 0.210. The van der Waals surface area contributed by atoms with Crippen LogP contribution in [0.4, 0.5) is 5.82 Å². The number of H-pyrrole nitrogens is 1. The number of likely N-dealkylation sites (N-methyl/N-ethyl adjacent to an activating group) is 1. The fraction of sp³-hybridized carbons (Fsp3) is 0.381. The van der Waals surface area contributed by atoms with Crippen molar-refractivity contribution < 1.29 is 0 Å². The Balaban J connectivity index is 1.70. The van der Waals surface area contributed by atoms with Crippen LogP contribution in [0.5, 0.6) is 0 Å². The van der Waals surface area contributed by atoms with Gasteiger partial charge in [-0.25, -0.2) is 9.97 Å². The van der Waals surface area contributed by atoms with E-state index in [9.17, 15) is 0 Å². The van der Waals surface area contributed by atoms with Crippen molar-refractivity contribution in [2.24, 2.45) is 0 Å². The first-order valence-electron chi connectivity index (χ1n) is 9.26. The highest BCUT2D eigenvalue weighted by atomic mass is 15.3. The molecule has 6 heteroatoms. The SMILES string of the molecule is C#Cc1ccc2c(c1)[nH]c1ncnc(N(C)C3CCCN(CCC#N)C3)c12. The van der Waals surface area contributed by atoms with Gasteiger partial charge in [-0.1, -0.05) is 12.0 Å². The van der Waals surface area contributed by atoms with Gasteiger partial charge in [0.05, 0.1) is 11.5 Å². The first kappa shape index (κ1) is 17.3. The van der Waals surface area contributed by atoms with Crippen LogP contribution in [0.15, 0.2) is 24.5 Å². The molecule has 0 bridgehead atoms. The summed E-state index contributed by atoms with van der Waals surface area (Å²) in [5.74, 6) is 3.62. The van der Waals surface area contributed by atoms with Crippen molar-refractivity contribution in [3.63, 3.8) is 0 Å². The molecular weight excluding hydrogens is 336 g/mol. The standard InChI is InChI=1S/C21H22N6/c1-3-15-7-8-17-18(12-15)25-20-19(17)21(24-14-23-20)26(2)16-6-4-10-27(13-16)11-5-9-22/h1,7-8,12,14,16H,4-6,10-11,13H2,2H3,(H,23,24,25). The summed E-state index contributed by atoms with van der Waals surface area (Å²) in [4.78, 5) is 17.1. The molecule has 3 aromatic rings. The molecular formula is C21H22N6. The molecule has 1 saturated heterocycles. The van der Waals surface area contributed by atoms with Gasteiger partial charge in [-0.15, -0.1) is 6.42 Å². The number of hydrogen-bond acceptors (Lipinski definition) is 5. The lowest BCUT2D eigenvalue weighted by Gasteiger charge is -2.38. The number of aromatic nitrogens is 3. The first-order chi connectivity index (χ1) is 13.2. The van der Waals surface area contributed by atoms with Crippen LogP contribution in [-0.4, -0.2) is 52.6 Å². The van der Waals surface area contributed by atoms with Crippen LogP contribution in [0.2, 0.25) is 0 Å². The van der Waals surface area contributed by atoms with Crippen LogP contribution in [0.25, 0.3) is 21.9 Å². The van der Waals surface area contributed by atoms with Gasteiger partial charge in [-0.2, -0.15) is 5.26 Å². The molecule has 0 aliphatic carbocycles. The minimum Gasteiger partial charge on any atom is -0.355 e. The molecule has 3 heterocycles. The summed E-state index contributed by atoms with van der Waals surface area (Å²) < 4.78 is 0. The number of terminal acetylenes is 1. The molecule has 136 valence electrons. The Kier molecular flexibility index (Phi) is 4.66. The third kappa shape index (κ3) is 3.20. The molecule has 0 radical (unpaired) electrons. The molecule has 1 N–H and O–H groups in total. The van der Waals surface area contributed by atoms with Gasteiger partial charge in [0.2, 0.25) is 0 Å². The zero-order chi connectivity index (χ0) is 18.8. The van der Waals surface area contributed by atoms with Crippen molar-refractivity contribution in [3.05, 3.63) is 30.1 Å². The van der Waals surface area contributed by atoms with E-state index >= 15 is 0 Å². The van der Waals surface area contributed by atoms with E-state index in [4.69, 9.17) is 11.7 Å². The Morgan fingerprint density at radius 1 is 1.41 bits per heavy atom. The van der Waals surface area contributed by atoms with E-state index in [1.807, 2.05) is 18.2 Å². The Hall–Kier alpha value is -3.09. The number of nitrogens with zero attached hydrogens (tertiary/aromatic N) is 5. The second-order valence-corrected chi connectivity index (χ2v) is 7.07. The lowest BCUT2D eigenvalue weighted by Crippen LogP contribution is -2.47. The Morgan fingerprint density at radius 2 is 2.30 bits per heavy atom. The highest BCUT2D eigenvalue weighted by Gasteiger charge is 2.25. The normalized spacial score (nSPS) is 17.7. The maximum atomic E-state index is 8.86. The van der Waals surface area contributed by atoms with Gasteiger partial charge in [0.25, 0.3) is 0 Å². The van der Waals surface area contributed by atoms with Gasteiger partial charge in [0.1, 0.15) is 17.8 Å². The number of aromatic amines is 1. The number of fused-ring (bicyclic) bond motifs is 3. The van der Waals surface area contributed by atoms with Crippen molar-refractivity contribution in [2.75, 3.05) is 31.6 Å². The van der Waals surface area contributed by atoms with Crippen LogP contribution < -0.4 is 4.90 Å². The maximum absolute atomic E-state index is 8.86. The highest BCUT2D eigenvalue weighted by molar-refractivity contribution is 6.11. The van der Waals surface area contributed by atoms with Crippen molar-refractivity contribution in [3.8, 4) is 18.4 Å². The molecule has 1 unspecified atom stereocenters. The van der Waals surface area contributed by atoms with E-state index in [1.165, 1.54) is 0 Å². The van der Waals surface area contributed by atoms with Gasteiger partial charge >= 0.3 is 0 Å². The number of rotatable bonds is 4. The average Bonchev–Trinajstić information content (AvgIpc) is 3.09. The van der Waals surface area contributed by atoms with E-state index in [0.717, 1.165) is 65.8 Å². The topological polar surface area (TPSA) is 71.8 Å². The molecule has 27 heavy (non-hydrogen) atoms. The second kappa shape index (κ2) is 7.26. The predicted octanol–water partition coefficient (Wildman–Crippen LogP) is 2.91. The van der Waals surface area contributed by atoms with Crippen LogP contribution in [0.3, 0.4) is 0 Å². The fourth-order valence-electron chi connectivity index (χ4n) is 4.00. The summed E-state index contributed by atoms with van der Waals surface area (Å²) in [6.45, 7) is 2.85. The molecule has 0 saturated carbocycles. The number of benzene rings is 1. The van der Waals surface area contributed by atoms with Crippen molar-refractivity contribution in [2.45, 2.75) is 25.3 Å². The van der Waals surface area contributed by atoms with Gasteiger partial charge in [0, 0.05) is 49.1 Å². The lowest BCUT2D eigenvalue weighted by atomic mass is 10.0. The molecule has 0 spiro atoms. The maximum Gasteiger partial charge on any atom is 0.143 e.